The first-order valence-corrected chi connectivity index (χ1v) is 8.00. The standard InChI is InChI=1S/C14H21NO4S/c1-10-6-5-7-11(13(16)17)12(10)15-20(18,19)9-8-14(2,3)4/h5-7,15H,8-9H2,1-4H3,(H,16,17). The van der Waals surface area contributed by atoms with E-state index in [1.165, 1.54) is 6.07 Å². The van der Waals surface area contributed by atoms with Gasteiger partial charge in [0.15, 0.2) is 0 Å². The van der Waals surface area contributed by atoms with Crippen molar-refractivity contribution in [3.8, 4) is 0 Å². The zero-order valence-corrected chi connectivity index (χ0v) is 13.0. The van der Waals surface area contributed by atoms with Gasteiger partial charge in [0.1, 0.15) is 0 Å². The number of sulfonamides is 1. The Labute approximate surface area is 120 Å². The molecule has 0 radical (unpaired) electrons. The average Bonchev–Trinajstić information content (AvgIpc) is 2.28. The lowest BCUT2D eigenvalue weighted by Gasteiger charge is -2.19. The van der Waals surface area contributed by atoms with Crippen molar-refractivity contribution in [3.05, 3.63) is 29.3 Å². The Morgan fingerprint density at radius 3 is 2.40 bits per heavy atom. The lowest BCUT2D eigenvalue weighted by Crippen LogP contribution is -2.22. The summed E-state index contributed by atoms with van der Waals surface area (Å²) in [5, 5.41) is 9.11. The topological polar surface area (TPSA) is 83.5 Å². The summed E-state index contributed by atoms with van der Waals surface area (Å²) in [6.07, 6.45) is 0.497. The van der Waals surface area contributed by atoms with Gasteiger partial charge >= 0.3 is 5.97 Å². The van der Waals surface area contributed by atoms with Crippen LogP contribution in [0.1, 0.15) is 43.1 Å². The van der Waals surface area contributed by atoms with Crippen molar-refractivity contribution in [1.29, 1.82) is 0 Å². The minimum absolute atomic E-state index is 0.0377. The summed E-state index contributed by atoms with van der Waals surface area (Å²) < 4.78 is 26.5. The van der Waals surface area contributed by atoms with Gasteiger partial charge in [-0.3, -0.25) is 4.72 Å². The van der Waals surface area contributed by atoms with Crippen LogP contribution in [0.5, 0.6) is 0 Å². The summed E-state index contributed by atoms with van der Waals surface area (Å²) in [6.45, 7) is 7.55. The van der Waals surface area contributed by atoms with Crippen LogP contribution >= 0.6 is 0 Å². The Morgan fingerprint density at radius 1 is 1.30 bits per heavy atom. The number of aryl methyl sites for hydroxylation is 1. The molecule has 0 saturated heterocycles. The summed E-state index contributed by atoms with van der Waals surface area (Å²) in [5.74, 6) is -1.19. The molecule has 2 N–H and O–H groups in total. The smallest absolute Gasteiger partial charge is 0.337 e. The molecule has 0 atom stereocenters. The van der Waals surface area contributed by atoms with Crippen molar-refractivity contribution in [2.24, 2.45) is 5.41 Å². The highest BCUT2D eigenvalue weighted by Gasteiger charge is 2.20. The first-order chi connectivity index (χ1) is 9.02. The predicted octanol–water partition coefficient (Wildman–Crippen LogP) is 2.87. The van der Waals surface area contributed by atoms with E-state index in [1.807, 2.05) is 20.8 Å². The first kappa shape index (κ1) is 16.5. The van der Waals surface area contributed by atoms with E-state index in [4.69, 9.17) is 5.11 Å². The van der Waals surface area contributed by atoms with Gasteiger partial charge in [-0.1, -0.05) is 32.9 Å². The Hall–Kier alpha value is -1.56. The van der Waals surface area contributed by atoms with Crippen LogP contribution in [0.2, 0.25) is 0 Å². The van der Waals surface area contributed by atoms with Crippen LogP contribution in [0.4, 0.5) is 5.69 Å². The molecule has 0 amide bonds. The lowest BCUT2D eigenvalue weighted by molar-refractivity contribution is 0.0698. The summed E-state index contributed by atoms with van der Waals surface area (Å²) in [6, 6.07) is 4.65. The number of aromatic carboxylic acids is 1. The molecular formula is C14H21NO4S. The summed E-state index contributed by atoms with van der Waals surface area (Å²) in [5.41, 5.74) is 0.596. The van der Waals surface area contributed by atoms with E-state index in [9.17, 15) is 13.2 Å². The number of benzene rings is 1. The Kier molecular flexibility index (Phi) is 4.81. The first-order valence-electron chi connectivity index (χ1n) is 6.35. The predicted molar refractivity (Wildman–Crippen MR) is 79.6 cm³/mol. The Bertz CT molecular complexity index is 600. The SMILES string of the molecule is Cc1cccc(C(=O)O)c1NS(=O)(=O)CCC(C)(C)C. The molecule has 0 aliphatic heterocycles. The van der Waals surface area contributed by atoms with E-state index in [2.05, 4.69) is 4.72 Å². The van der Waals surface area contributed by atoms with Gasteiger partial charge in [0.2, 0.25) is 10.0 Å². The second kappa shape index (κ2) is 5.83. The van der Waals surface area contributed by atoms with Gasteiger partial charge in [-0.15, -0.1) is 0 Å². The van der Waals surface area contributed by atoms with Crippen molar-refractivity contribution in [3.63, 3.8) is 0 Å². The highest BCUT2D eigenvalue weighted by atomic mass is 32.2. The maximum absolute atomic E-state index is 12.1. The van der Waals surface area contributed by atoms with Gasteiger partial charge in [0.05, 0.1) is 17.0 Å². The van der Waals surface area contributed by atoms with E-state index < -0.39 is 16.0 Å². The molecule has 0 fully saturated rings. The minimum atomic E-state index is -3.56. The molecule has 1 rings (SSSR count). The second-order valence-electron chi connectivity index (χ2n) is 6.03. The summed E-state index contributed by atoms with van der Waals surface area (Å²) in [7, 11) is -3.56. The van der Waals surface area contributed by atoms with Crippen LogP contribution in [-0.4, -0.2) is 25.2 Å². The monoisotopic (exact) mass is 299 g/mol. The normalized spacial score (nSPS) is 12.2. The quantitative estimate of drug-likeness (QED) is 0.875. The number of nitrogens with one attached hydrogen (secondary N) is 1. The van der Waals surface area contributed by atoms with Crippen LogP contribution < -0.4 is 4.72 Å². The molecule has 0 aliphatic carbocycles. The third-order valence-corrected chi connectivity index (χ3v) is 4.14. The minimum Gasteiger partial charge on any atom is -0.478 e. The fourth-order valence-corrected chi connectivity index (χ4v) is 3.19. The van der Waals surface area contributed by atoms with E-state index in [0.717, 1.165) is 0 Å². The molecule has 0 heterocycles. The Morgan fingerprint density at radius 2 is 1.90 bits per heavy atom. The fraction of sp³-hybridized carbons (Fsp3) is 0.500. The largest absolute Gasteiger partial charge is 0.478 e. The van der Waals surface area contributed by atoms with Crippen LogP contribution in [0.3, 0.4) is 0 Å². The molecule has 112 valence electrons. The van der Waals surface area contributed by atoms with Gasteiger partial charge in [-0.25, -0.2) is 13.2 Å². The molecule has 0 aliphatic rings. The number of carboxylic acids is 1. The van der Waals surface area contributed by atoms with Crippen molar-refractivity contribution in [1.82, 2.24) is 0 Å². The van der Waals surface area contributed by atoms with Crippen LogP contribution in [0, 0.1) is 12.3 Å². The summed E-state index contributed by atoms with van der Waals surface area (Å²) >= 11 is 0. The zero-order chi connectivity index (χ0) is 15.6. The lowest BCUT2D eigenvalue weighted by atomic mass is 9.94. The molecule has 0 bridgehead atoms. The fourth-order valence-electron chi connectivity index (χ4n) is 1.63. The molecule has 6 heteroatoms. The number of rotatable bonds is 5. The number of hydrogen-bond donors (Lipinski definition) is 2. The van der Waals surface area contributed by atoms with Crippen molar-refractivity contribution in [2.75, 3.05) is 10.5 Å². The number of para-hydroxylation sites is 1. The molecule has 5 nitrogen and oxygen atoms in total. The van der Waals surface area contributed by atoms with E-state index >= 15 is 0 Å². The van der Waals surface area contributed by atoms with Crippen molar-refractivity contribution in [2.45, 2.75) is 34.1 Å². The highest BCUT2D eigenvalue weighted by molar-refractivity contribution is 7.92. The van der Waals surface area contributed by atoms with Crippen molar-refractivity contribution >= 4 is 21.7 Å². The van der Waals surface area contributed by atoms with Gasteiger partial charge in [-0.05, 0) is 30.4 Å². The maximum atomic E-state index is 12.1. The molecule has 1 aromatic carbocycles. The highest BCUT2D eigenvalue weighted by Crippen LogP contribution is 2.24. The van der Waals surface area contributed by atoms with E-state index in [1.54, 1.807) is 19.1 Å². The van der Waals surface area contributed by atoms with Crippen LogP contribution in [-0.2, 0) is 10.0 Å². The second-order valence-corrected chi connectivity index (χ2v) is 7.88. The number of hydrogen-bond acceptors (Lipinski definition) is 3. The van der Waals surface area contributed by atoms with Crippen molar-refractivity contribution < 1.29 is 18.3 Å². The number of carbonyl (C=O) groups is 1. The Balaban J connectivity index is 3.01. The third kappa shape index (κ3) is 4.85. The van der Waals surface area contributed by atoms with Gasteiger partial charge in [0.25, 0.3) is 0 Å². The summed E-state index contributed by atoms with van der Waals surface area (Å²) in [4.78, 5) is 11.1. The number of carboxylic acid groups (broad SMARTS) is 1. The van der Waals surface area contributed by atoms with Gasteiger partial charge < -0.3 is 5.11 Å². The maximum Gasteiger partial charge on any atom is 0.337 e. The molecule has 0 aromatic heterocycles. The van der Waals surface area contributed by atoms with E-state index in [0.29, 0.717) is 12.0 Å². The van der Waals surface area contributed by atoms with Crippen LogP contribution in [0.25, 0.3) is 0 Å². The van der Waals surface area contributed by atoms with Gasteiger partial charge in [0, 0.05) is 0 Å². The van der Waals surface area contributed by atoms with E-state index in [-0.39, 0.29) is 22.4 Å². The number of anilines is 1. The molecular weight excluding hydrogens is 278 g/mol. The average molecular weight is 299 g/mol. The zero-order valence-electron chi connectivity index (χ0n) is 12.2. The molecule has 0 unspecified atom stereocenters. The molecule has 20 heavy (non-hydrogen) atoms. The van der Waals surface area contributed by atoms with Crippen LogP contribution in [0.15, 0.2) is 18.2 Å². The molecule has 1 aromatic rings. The molecule has 0 saturated carbocycles. The molecule has 0 spiro atoms. The van der Waals surface area contributed by atoms with Gasteiger partial charge in [-0.2, -0.15) is 0 Å². The third-order valence-electron chi connectivity index (χ3n) is 2.88.